The third-order valence-corrected chi connectivity index (χ3v) is 3.06. The molecule has 1 aromatic heterocycles. The van der Waals surface area contributed by atoms with Crippen LogP contribution in [0.4, 0.5) is 0 Å². The zero-order valence-corrected chi connectivity index (χ0v) is 11.5. The highest BCUT2D eigenvalue weighted by molar-refractivity contribution is 5.40. The fourth-order valence-electron chi connectivity index (χ4n) is 1.80. The lowest BCUT2D eigenvalue weighted by Crippen LogP contribution is -2.16. The fraction of sp³-hybridized carbons (Fsp3) is 0.188. The largest absolute Gasteiger partial charge is 0.288 e. The molecular weight excluding hydrogens is 250 g/mol. The molecule has 0 aliphatic heterocycles. The van der Waals surface area contributed by atoms with E-state index < -0.39 is 0 Å². The SMILES string of the molecule is C/C=C(\C)Cc1nn(-c2cccc(C#N)c2)ccc1=O. The molecule has 4 nitrogen and oxygen atoms in total. The van der Waals surface area contributed by atoms with Crippen molar-refractivity contribution in [2.75, 3.05) is 0 Å². The average Bonchev–Trinajstić information content (AvgIpc) is 2.49. The molecule has 1 heterocycles. The van der Waals surface area contributed by atoms with Crippen molar-refractivity contribution in [2.45, 2.75) is 20.3 Å². The van der Waals surface area contributed by atoms with Crippen molar-refractivity contribution in [1.82, 2.24) is 9.78 Å². The Morgan fingerprint density at radius 3 is 2.95 bits per heavy atom. The van der Waals surface area contributed by atoms with Crippen LogP contribution in [0.3, 0.4) is 0 Å². The van der Waals surface area contributed by atoms with Gasteiger partial charge in [0.15, 0.2) is 0 Å². The highest BCUT2D eigenvalue weighted by Crippen LogP contribution is 2.09. The Morgan fingerprint density at radius 1 is 1.45 bits per heavy atom. The Labute approximate surface area is 117 Å². The lowest BCUT2D eigenvalue weighted by atomic mass is 10.1. The predicted molar refractivity (Wildman–Crippen MR) is 77.7 cm³/mol. The van der Waals surface area contributed by atoms with Gasteiger partial charge in [0, 0.05) is 18.7 Å². The zero-order valence-electron chi connectivity index (χ0n) is 11.5. The lowest BCUT2D eigenvalue weighted by Gasteiger charge is -2.07. The van der Waals surface area contributed by atoms with Crippen molar-refractivity contribution in [3.63, 3.8) is 0 Å². The van der Waals surface area contributed by atoms with Gasteiger partial charge >= 0.3 is 0 Å². The molecule has 0 saturated heterocycles. The number of nitrogens with zero attached hydrogens (tertiary/aromatic N) is 3. The van der Waals surface area contributed by atoms with E-state index in [0.717, 1.165) is 11.3 Å². The van der Waals surface area contributed by atoms with E-state index in [0.29, 0.717) is 17.7 Å². The van der Waals surface area contributed by atoms with E-state index in [9.17, 15) is 4.79 Å². The quantitative estimate of drug-likeness (QED) is 0.801. The van der Waals surface area contributed by atoms with Crippen LogP contribution in [-0.2, 0) is 6.42 Å². The molecular formula is C16H15N3O. The van der Waals surface area contributed by atoms with Crippen LogP contribution in [0.15, 0.2) is 53.0 Å². The van der Waals surface area contributed by atoms with Gasteiger partial charge in [0.05, 0.1) is 17.3 Å². The van der Waals surface area contributed by atoms with E-state index in [1.165, 1.54) is 6.07 Å². The highest BCUT2D eigenvalue weighted by Gasteiger charge is 2.05. The van der Waals surface area contributed by atoms with Crippen LogP contribution in [-0.4, -0.2) is 9.78 Å². The topological polar surface area (TPSA) is 58.7 Å². The summed E-state index contributed by atoms with van der Waals surface area (Å²) in [6.07, 6.45) is 4.12. The third-order valence-electron chi connectivity index (χ3n) is 3.06. The molecule has 0 N–H and O–H groups in total. The lowest BCUT2D eigenvalue weighted by molar-refractivity contribution is 0.788. The first-order valence-corrected chi connectivity index (χ1v) is 6.35. The van der Waals surface area contributed by atoms with Crippen molar-refractivity contribution in [2.24, 2.45) is 0 Å². The molecule has 0 fully saturated rings. The minimum absolute atomic E-state index is 0.0705. The molecule has 2 rings (SSSR count). The Balaban J connectivity index is 2.46. The smallest absolute Gasteiger partial charge is 0.203 e. The van der Waals surface area contributed by atoms with Gasteiger partial charge in [0.25, 0.3) is 0 Å². The van der Waals surface area contributed by atoms with Crippen LogP contribution in [0.25, 0.3) is 5.69 Å². The van der Waals surface area contributed by atoms with Crippen LogP contribution < -0.4 is 5.43 Å². The second-order valence-electron chi connectivity index (χ2n) is 4.55. The first kappa shape index (κ1) is 13.8. The van der Waals surface area contributed by atoms with Gasteiger partial charge in [-0.3, -0.25) is 4.79 Å². The van der Waals surface area contributed by atoms with Crippen LogP contribution in [0.2, 0.25) is 0 Å². The van der Waals surface area contributed by atoms with E-state index in [1.807, 2.05) is 26.0 Å². The number of hydrogen-bond donors (Lipinski definition) is 0. The second kappa shape index (κ2) is 5.98. The Kier molecular flexibility index (Phi) is 4.11. The van der Waals surface area contributed by atoms with Gasteiger partial charge in [-0.15, -0.1) is 0 Å². The van der Waals surface area contributed by atoms with Crippen LogP contribution in [0.5, 0.6) is 0 Å². The van der Waals surface area contributed by atoms with Crippen molar-refractivity contribution in [1.29, 1.82) is 5.26 Å². The summed E-state index contributed by atoms with van der Waals surface area (Å²) in [5.74, 6) is 0. The number of aromatic nitrogens is 2. The maximum atomic E-state index is 11.8. The minimum Gasteiger partial charge on any atom is -0.288 e. The third kappa shape index (κ3) is 3.01. The summed E-state index contributed by atoms with van der Waals surface area (Å²) >= 11 is 0. The first-order valence-electron chi connectivity index (χ1n) is 6.35. The zero-order chi connectivity index (χ0) is 14.5. The molecule has 4 heteroatoms. The summed E-state index contributed by atoms with van der Waals surface area (Å²) in [6.45, 7) is 3.90. The van der Waals surface area contributed by atoms with Crippen molar-refractivity contribution >= 4 is 0 Å². The highest BCUT2D eigenvalue weighted by atomic mass is 16.1. The molecule has 0 atom stereocenters. The maximum absolute atomic E-state index is 11.8. The maximum Gasteiger partial charge on any atom is 0.203 e. The predicted octanol–water partition coefficient (Wildman–Crippen LogP) is 2.61. The van der Waals surface area contributed by atoms with Crippen LogP contribution in [0.1, 0.15) is 25.1 Å². The summed E-state index contributed by atoms with van der Waals surface area (Å²) in [6, 6.07) is 10.7. The van der Waals surface area contributed by atoms with Gasteiger partial charge in [-0.05, 0) is 32.0 Å². The molecule has 100 valence electrons. The van der Waals surface area contributed by atoms with E-state index in [4.69, 9.17) is 5.26 Å². The molecule has 0 saturated carbocycles. The molecule has 0 spiro atoms. The molecule has 0 aliphatic carbocycles. The van der Waals surface area contributed by atoms with Gasteiger partial charge < -0.3 is 0 Å². The van der Waals surface area contributed by atoms with Crippen LogP contribution >= 0.6 is 0 Å². The molecule has 0 radical (unpaired) electrons. The van der Waals surface area contributed by atoms with Gasteiger partial charge in [-0.2, -0.15) is 10.4 Å². The monoisotopic (exact) mass is 265 g/mol. The minimum atomic E-state index is -0.0705. The molecule has 0 unspecified atom stereocenters. The Bertz CT molecular complexity index is 751. The van der Waals surface area contributed by atoms with E-state index >= 15 is 0 Å². The number of nitriles is 1. The van der Waals surface area contributed by atoms with Gasteiger partial charge in [-0.1, -0.05) is 17.7 Å². The summed E-state index contributed by atoms with van der Waals surface area (Å²) in [5.41, 5.74) is 2.86. The Hall–Kier alpha value is -2.67. The summed E-state index contributed by atoms with van der Waals surface area (Å²) in [7, 11) is 0. The number of rotatable bonds is 3. The van der Waals surface area contributed by atoms with E-state index in [-0.39, 0.29) is 5.43 Å². The molecule has 1 aromatic carbocycles. The molecule has 0 bridgehead atoms. The molecule has 20 heavy (non-hydrogen) atoms. The average molecular weight is 265 g/mol. The Morgan fingerprint density at radius 2 is 2.25 bits per heavy atom. The summed E-state index contributed by atoms with van der Waals surface area (Å²) in [5, 5.41) is 13.3. The van der Waals surface area contributed by atoms with Crippen molar-refractivity contribution < 1.29 is 0 Å². The molecule has 0 aliphatic rings. The first-order chi connectivity index (χ1) is 9.63. The van der Waals surface area contributed by atoms with Gasteiger partial charge in [-0.25, -0.2) is 4.68 Å². The molecule has 2 aromatic rings. The second-order valence-corrected chi connectivity index (χ2v) is 4.55. The normalized spacial score (nSPS) is 11.2. The van der Waals surface area contributed by atoms with Gasteiger partial charge in [0.2, 0.25) is 5.43 Å². The van der Waals surface area contributed by atoms with Gasteiger partial charge in [0.1, 0.15) is 5.69 Å². The van der Waals surface area contributed by atoms with E-state index in [2.05, 4.69) is 11.2 Å². The van der Waals surface area contributed by atoms with Crippen molar-refractivity contribution in [3.8, 4) is 11.8 Å². The molecule has 0 amide bonds. The summed E-state index contributed by atoms with van der Waals surface area (Å²) in [4.78, 5) is 11.8. The van der Waals surface area contributed by atoms with Crippen molar-refractivity contribution in [3.05, 3.63) is 69.7 Å². The van der Waals surface area contributed by atoms with E-state index in [1.54, 1.807) is 29.1 Å². The fourth-order valence-corrected chi connectivity index (χ4v) is 1.80. The number of benzene rings is 1. The van der Waals surface area contributed by atoms with Crippen LogP contribution in [0, 0.1) is 11.3 Å². The summed E-state index contributed by atoms with van der Waals surface area (Å²) < 4.78 is 1.63. The number of hydrogen-bond acceptors (Lipinski definition) is 3. The number of allylic oxidation sites excluding steroid dienone is 2. The standard InChI is InChI=1S/C16H15N3O/c1-3-12(2)9-15-16(20)7-8-19(18-15)14-6-4-5-13(10-14)11-17/h3-8,10H,9H2,1-2H3/b12-3+.